The van der Waals surface area contributed by atoms with Gasteiger partial charge in [0.15, 0.2) is 0 Å². The average Bonchev–Trinajstić information content (AvgIpc) is 2.70. The van der Waals surface area contributed by atoms with E-state index in [2.05, 4.69) is 15.3 Å². The molecule has 0 amide bonds. The lowest BCUT2D eigenvalue weighted by molar-refractivity contribution is 1.03. The molecule has 5 nitrogen and oxygen atoms in total. The van der Waals surface area contributed by atoms with Gasteiger partial charge in [-0.25, -0.2) is 4.98 Å². The minimum Gasteiger partial charge on any atom is -0.339 e. The fourth-order valence-electron chi connectivity index (χ4n) is 2.89. The van der Waals surface area contributed by atoms with Crippen LogP contribution in [0.1, 0.15) is 11.1 Å². The molecule has 2 aromatic carbocycles. The molecule has 0 saturated heterocycles. The van der Waals surface area contributed by atoms with Gasteiger partial charge in [-0.1, -0.05) is 35.3 Å². The molecule has 0 atom stereocenters. The summed E-state index contributed by atoms with van der Waals surface area (Å²) in [5, 5.41) is 4.41. The highest BCUT2D eigenvalue weighted by molar-refractivity contribution is 6.31. The molecule has 144 valence electrons. The number of nitrogens with one attached hydrogen (secondary N) is 1. The van der Waals surface area contributed by atoms with Crippen molar-refractivity contribution in [2.24, 2.45) is 4.99 Å². The monoisotopic (exact) mass is 422 g/mol. The van der Waals surface area contributed by atoms with Gasteiger partial charge < -0.3 is 5.32 Å². The van der Waals surface area contributed by atoms with Crippen LogP contribution in [0.15, 0.2) is 76.6 Å². The Morgan fingerprint density at radius 1 is 1.03 bits per heavy atom. The molecular weight excluding hydrogens is 407 g/mol. The predicted molar refractivity (Wildman–Crippen MR) is 120 cm³/mol. The molecule has 0 radical (unpaired) electrons. The van der Waals surface area contributed by atoms with Crippen molar-refractivity contribution in [2.75, 3.05) is 5.32 Å². The molecule has 0 spiro atoms. The van der Waals surface area contributed by atoms with E-state index in [1.807, 2.05) is 37.3 Å². The van der Waals surface area contributed by atoms with Gasteiger partial charge in [0, 0.05) is 28.1 Å². The smallest absolute Gasteiger partial charge is 0.268 e. The minimum atomic E-state index is -0.221. The Bertz CT molecular complexity index is 1280. The van der Waals surface area contributed by atoms with Crippen LogP contribution in [0.25, 0.3) is 5.65 Å². The van der Waals surface area contributed by atoms with Gasteiger partial charge >= 0.3 is 0 Å². The van der Waals surface area contributed by atoms with Gasteiger partial charge in [-0.2, -0.15) is 0 Å². The van der Waals surface area contributed by atoms with Crippen molar-refractivity contribution in [3.8, 4) is 0 Å². The van der Waals surface area contributed by atoms with Crippen LogP contribution in [-0.4, -0.2) is 15.6 Å². The van der Waals surface area contributed by atoms with Crippen LogP contribution in [-0.2, 0) is 0 Å². The van der Waals surface area contributed by atoms with Crippen molar-refractivity contribution >= 4 is 52.3 Å². The molecule has 0 fully saturated rings. The molecule has 0 bridgehead atoms. The van der Waals surface area contributed by atoms with E-state index in [4.69, 9.17) is 23.2 Å². The zero-order valence-electron chi connectivity index (χ0n) is 15.4. The number of anilines is 2. The number of fused-ring (bicyclic) bond motifs is 1. The molecule has 2 heterocycles. The Balaban J connectivity index is 1.86. The second-order valence-electron chi connectivity index (χ2n) is 6.43. The number of nitrogens with zero attached hydrogens (tertiary/aromatic N) is 3. The summed E-state index contributed by atoms with van der Waals surface area (Å²) in [5.74, 6) is 0.414. The summed E-state index contributed by atoms with van der Waals surface area (Å²) in [4.78, 5) is 22.3. The van der Waals surface area contributed by atoms with E-state index < -0.39 is 0 Å². The molecule has 0 aliphatic heterocycles. The summed E-state index contributed by atoms with van der Waals surface area (Å²) in [5.41, 5.74) is 2.99. The number of pyridine rings is 1. The Kier molecular flexibility index (Phi) is 5.34. The first-order valence-electron chi connectivity index (χ1n) is 8.85. The first-order chi connectivity index (χ1) is 14.0. The van der Waals surface area contributed by atoms with E-state index in [-0.39, 0.29) is 5.56 Å². The van der Waals surface area contributed by atoms with Gasteiger partial charge in [0.05, 0.1) is 5.69 Å². The number of halogens is 2. The summed E-state index contributed by atoms with van der Waals surface area (Å²) in [6.07, 6.45) is 3.20. The molecule has 4 aromatic rings. The van der Waals surface area contributed by atoms with Crippen molar-refractivity contribution < 1.29 is 0 Å². The van der Waals surface area contributed by atoms with Crippen molar-refractivity contribution in [3.63, 3.8) is 0 Å². The van der Waals surface area contributed by atoms with Crippen molar-refractivity contribution in [3.05, 3.63) is 98.4 Å². The van der Waals surface area contributed by atoms with E-state index in [0.717, 1.165) is 11.3 Å². The Morgan fingerprint density at radius 3 is 2.59 bits per heavy atom. The second-order valence-corrected chi connectivity index (χ2v) is 7.31. The van der Waals surface area contributed by atoms with Gasteiger partial charge in [0.1, 0.15) is 17.0 Å². The fraction of sp³-hybridized carbons (Fsp3) is 0.0455. The highest BCUT2D eigenvalue weighted by Crippen LogP contribution is 2.22. The first-order valence-corrected chi connectivity index (χ1v) is 9.61. The Hall–Kier alpha value is -3.15. The summed E-state index contributed by atoms with van der Waals surface area (Å²) in [6, 6.07) is 18.0. The van der Waals surface area contributed by atoms with Crippen molar-refractivity contribution in [1.29, 1.82) is 0 Å². The third-order valence-electron chi connectivity index (χ3n) is 4.34. The van der Waals surface area contributed by atoms with Gasteiger partial charge in [-0.3, -0.25) is 14.2 Å². The number of rotatable bonds is 4. The molecule has 4 rings (SSSR count). The molecule has 0 saturated carbocycles. The highest BCUT2D eigenvalue weighted by Gasteiger charge is 2.13. The zero-order chi connectivity index (χ0) is 20.4. The molecule has 0 aliphatic carbocycles. The van der Waals surface area contributed by atoms with E-state index in [1.165, 1.54) is 10.6 Å². The summed E-state index contributed by atoms with van der Waals surface area (Å²) >= 11 is 12.0. The third-order valence-corrected chi connectivity index (χ3v) is 4.83. The van der Waals surface area contributed by atoms with Gasteiger partial charge in [-0.05, 0) is 61.0 Å². The number of aliphatic imine (C=N–C) groups is 1. The van der Waals surface area contributed by atoms with Gasteiger partial charge in [-0.15, -0.1) is 0 Å². The maximum Gasteiger partial charge on any atom is 0.268 e. The molecule has 0 aliphatic rings. The topological polar surface area (TPSA) is 58.8 Å². The van der Waals surface area contributed by atoms with E-state index in [0.29, 0.717) is 32.8 Å². The lowest BCUT2D eigenvalue weighted by Gasteiger charge is -2.12. The quantitative estimate of drug-likeness (QED) is 0.422. The summed E-state index contributed by atoms with van der Waals surface area (Å²) < 4.78 is 1.52. The van der Waals surface area contributed by atoms with Crippen LogP contribution in [0, 0.1) is 6.92 Å². The normalized spacial score (nSPS) is 11.3. The zero-order valence-corrected chi connectivity index (χ0v) is 16.9. The Morgan fingerprint density at radius 2 is 1.83 bits per heavy atom. The van der Waals surface area contributed by atoms with E-state index in [9.17, 15) is 4.79 Å². The lowest BCUT2D eigenvalue weighted by Crippen LogP contribution is -2.22. The van der Waals surface area contributed by atoms with Crippen LogP contribution in [0.5, 0.6) is 0 Å². The molecular formula is C22H16Cl2N4O. The maximum atomic E-state index is 13.2. The second kappa shape index (κ2) is 8.07. The van der Waals surface area contributed by atoms with E-state index in [1.54, 1.807) is 36.5 Å². The largest absolute Gasteiger partial charge is 0.339 e. The highest BCUT2D eigenvalue weighted by atomic mass is 35.5. The average molecular weight is 423 g/mol. The van der Waals surface area contributed by atoms with Crippen molar-refractivity contribution in [2.45, 2.75) is 6.92 Å². The minimum absolute atomic E-state index is 0.221. The van der Waals surface area contributed by atoms with Crippen LogP contribution >= 0.6 is 23.2 Å². The van der Waals surface area contributed by atoms with Gasteiger partial charge in [0.25, 0.3) is 5.56 Å². The number of hydrogen-bond donors (Lipinski definition) is 1. The van der Waals surface area contributed by atoms with E-state index >= 15 is 0 Å². The standard InChI is InChI=1S/C22H16Cl2N4O/c1-14-4-3-11-28-21(14)27-20(26-17-9-7-15(23)8-10-17)19(22(28)29)13-25-18-6-2-5-16(24)12-18/h2-13,26H,1H3. The SMILES string of the molecule is Cc1cccn2c(=O)c(C=Nc3cccc(Cl)c3)c(Nc3ccc(Cl)cc3)nc12. The maximum absolute atomic E-state index is 13.2. The number of aryl methyl sites for hydroxylation is 1. The third kappa shape index (κ3) is 4.16. The predicted octanol–water partition coefficient (Wildman–Crippen LogP) is 5.80. The fourth-order valence-corrected chi connectivity index (χ4v) is 3.20. The number of hydrogen-bond acceptors (Lipinski definition) is 4. The molecule has 1 N–H and O–H groups in total. The summed E-state index contributed by atoms with van der Waals surface area (Å²) in [7, 11) is 0. The van der Waals surface area contributed by atoms with Crippen molar-refractivity contribution in [1.82, 2.24) is 9.38 Å². The lowest BCUT2D eigenvalue weighted by atomic mass is 10.2. The number of aromatic nitrogens is 2. The van der Waals surface area contributed by atoms with Crippen LogP contribution in [0.2, 0.25) is 10.0 Å². The van der Waals surface area contributed by atoms with Crippen LogP contribution < -0.4 is 10.9 Å². The summed E-state index contributed by atoms with van der Waals surface area (Å²) in [6.45, 7) is 1.91. The molecule has 2 aromatic heterocycles. The molecule has 29 heavy (non-hydrogen) atoms. The molecule has 7 heteroatoms. The first kappa shape index (κ1) is 19.2. The van der Waals surface area contributed by atoms with Gasteiger partial charge in [0.2, 0.25) is 0 Å². The Labute approximate surface area is 177 Å². The van der Waals surface area contributed by atoms with Crippen LogP contribution in [0.4, 0.5) is 17.2 Å². The van der Waals surface area contributed by atoms with Crippen LogP contribution in [0.3, 0.4) is 0 Å². The molecule has 0 unspecified atom stereocenters. The number of benzene rings is 2.